The van der Waals surface area contributed by atoms with Gasteiger partial charge >= 0.3 is 6.18 Å². The third-order valence-electron chi connectivity index (χ3n) is 4.85. The monoisotopic (exact) mass is 436 g/mol. The number of hydrogen-bond donors (Lipinski definition) is 1. The number of aliphatic imine (C=N–C) groups is 1. The number of anilines is 1. The lowest BCUT2D eigenvalue weighted by Gasteiger charge is -2.14. The maximum atomic E-state index is 13.0. The Labute approximate surface area is 183 Å². The number of rotatable bonds is 5. The molecule has 32 heavy (non-hydrogen) atoms. The number of hydrogen-bond acceptors (Lipinski definition) is 3. The van der Waals surface area contributed by atoms with E-state index in [4.69, 9.17) is 4.74 Å². The van der Waals surface area contributed by atoms with Crippen LogP contribution in [0.1, 0.15) is 32.6 Å². The number of benzene rings is 3. The molecule has 4 nitrogen and oxygen atoms in total. The van der Waals surface area contributed by atoms with Crippen molar-refractivity contribution in [1.29, 1.82) is 0 Å². The minimum Gasteiger partial charge on any atom is -0.475 e. The van der Waals surface area contributed by atoms with E-state index in [0.717, 1.165) is 23.3 Å². The van der Waals surface area contributed by atoms with E-state index in [1.54, 1.807) is 12.1 Å². The van der Waals surface area contributed by atoms with Crippen LogP contribution in [0.4, 0.5) is 18.9 Å². The third kappa shape index (κ3) is 4.88. The molecule has 1 heterocycles. The number of amides is 1. The molecule has 4 rings (SSSR count). The zero-order valence-electron chi connectivity index (χ0n) is 16.9. The largest absolute Gasteiger partial charge is 0.475 e. The van der Waals surface area contributed by atoms with Crippen LogP contribution in [-0.2, 0) is 10.9 Å². The summed E-state index contributed by atoms with van der Waals surface area (Å²) in [5.74, 6) is -0.266. The van der Waals surface area contributed by atoms with E-state index >= 15 is 0 Å². The SMILES string of the molecule is O=C(Nc1cccc(/C=C/c2ccccc2)c1C1=NCCO1)c1cccc(C(F)(F)F)c1. The molecule has 0 saturated heterocycles. The van der Waals surface area contributed by atoms with Gasteiger partial charge in [-0.05, 0) is 35.4 Å². The highest BCUT2D eigenvalue weighted by Crippen LogP contribution is 2.30. The summed E-state index contributed by atoms with van der Waals surface area (Å²) < 4.78 is 44.7. The van der Waals surface area contributed by atoms with Gasteiger partial charge in [-0.3, -0.25) is 4.79 Å². The standard InChI is InChI=1S/C25H19F3N2O2/c26-25(27,28)20-10-4-9-19(16-20)23(31)30-21-11-5-8-18(22(21)24-29-14-15-32-24)13-12-17-6-2-1-3-7-17/h1-13,16H,14-15H2,(H,30,31)/b13-12+. The fourth-order valence-corrected chi connectivity index (χ4v) is 3.32. The summed E-state index contributed by atoms with van der Waals surface area (Å²) in [4.78, 5) is 17.1. The van der Waals surface area contributed by atoms with Crippen molar-refractivity contribution < 1.29 is 22.7 Å². The van der Waals surface area contributed by atoms with Gasteiger partial charge in [-0.1, -0.05) is 60.7 Å². The van der Waals surface area contributed by atoms with Gasteiger partial charge in [-0.25, -0.2) is 4.99 Å². The first-order chi connectivity index (χ1) is 15.4. The van der Waals surface area contributed by atoms with E-state index < -0.39 is 17.6 Å². The van der Waals surface area contributed by atoms with Gasteiger partial charge in [0.15, 0.2) is 0 Å². The lowest BCUT2D eigenvalue weighted by Crippen LogP contribution is -2.17. The van der Waals surface area contributed by atoms with Crippen molar-refractivity contribution in [3.8, 4) is 0 Å². The molecule has 162 valence electrons. The predicted molar refractivity (Wildman–Crippen MR) is 119 cm³/mol. The molecule has 0 fully saturated rings. The second kappa shape index (κ2) is 9.09. The van der Waals surface area contributed by atoms with Crippen LogP contribution in [0.25, 0.3) is 12.2 Å². The average Bonchev–Trinajstić information content (AvgIpc) is 3.32. The second-order valence-corrected chi connectivity index (χ2v) is 7.08. The van der Waals surface area contributed by atoms with Crippen molar-refractivity contribution in [3.63, 3.8) is 0 Å². The van der Waals surface area contributed by atoms with Crippen molar-refractivity contribution in [2.75, 3.05) is 18.5 Å². The molecule has 0 atom stereocenters. The maximum absolute atomic E-state index is 13.0. The topological polar surface area (TPSA) is 50.7 Å². The number of nitrogens with one attached hydrogen (secondary N) is 1. The Kier molecular flexibility index (Phi) is 6.07. The van der Waals surface area contributed by atoms with E-state index in [9.17, 15) is 18.0 Å². The summed E-state index contributed by atoms with van der Waals surface area (Å²) >= 11 is 0. The Morgan fingerprint density at radius 1 is 0.969 bits per heavy atom. The molecule has 1 amide bonds. The molecular weight excluding hydrogens is 417 g/mol. The second-order valence-electron chi connectivity index (χ2n) is 7.08. The Balaban J connectivity index is 1.68. The number of nitrogens with zero attached hydrogens (tertiary/aromatic N) is 1. The number of alkyl halides is 3. The highest BCUT2D eigenvalue weighted by atomic mass is 19.4. The molecule has 7 heteroatoms. The first-order valence-corrected chi connectivity index (χ1v) is 9.94. The third-order valence-corrected chi connectivity index (χ3v) is 4.85. The van der Waals surface area contributed by atoms with Gasteiger partial charge in [0.05, 0.1) is 23.4 Å². The molecule has 1 N–H and O–H groups in total. The molecular formula is C25H19F3N2O2. The smallest absolute Gasteiger partial charge is 0.416 e. The molecule has 3 aromatic rings. The van der Waals surface area contributed by atoms with E-state index in [1.807, 2.05) is 48.6 Å². The molecule has 0 unspecified atom stereocenters. The quantitative estimate of drug-likeness (QED) is 0.506. The molecule has 0 bridgehead atoms. The first kappa shape index (κ1) is 21.4. The molecule has 0 radical (unpaired) electrons. The Bertz CT molecular complexity index is 1190. The van der Waals surface area contributed by atoms with Crippen LogP contribution >= 0.6 is 0 Å². The van der Waals surface area contributed by atoms with Crippen molar-refractivity contribution in [3.05, 3.63) is 101 Å². The molecule has 1 aliphatic heterocycles. The predicted octanol–water partition coefficient (Wildman–Crippen LogP) is 5.90. The van der Waals surface area contributed by atoms with Crippen molar-refractivity contribution in [2.45, 2.75) is 6.18 Å². The van der Waals surface area contributed by atoms with Crippen molar-refractivity contribution in [2.24, 2.45) is 4.99 Å². The van der Waals surface area contributed by atoms with Gasteiger partial charge in [0, 0.05) is 5.56 Å². The fourth-order valence-electron chi connectivity index (χ4n) is 3.32. The van der Waals surface area contributed by atoms with Gasteiger partial charge < -0.3 is 10.1 Å². The Hall–Kier alpha value is -3.87. The van der Waals surface area contributed by atoms with Crippen LogP contribution in [0, 0.1) is 0 Å². The van der Waals surface area contributed by atoms with E-state index in [1.165, 1.54) is 12.1 Å². The molecule has 3 aromatic carbocycles. The van der Waals surface area contributed by atoms with Crippen molar-refractivity contribution in [1.82, 2.24) is 0 Å². The fraction of sp³-hybridized carbons (Fsp3) is 0.120. The van der Waals surface area contributed by atoms with Crippen LogP contribution in [0.5, 0.6) is 0 Å². The minimum absolute atomic E-state index is 0.0923. The van der Waals surface area contributed by atoms with Crippen LogP contribution in [0.15, 0.2) is 77.8 Å². The van der Waals surface area contributed by atoms with Gasteiger partial charge in [0.1, 0.15) is 6.61 Å². The summed E-state index contributed by atoms with van der Waals surface area (Å²) in [5, 5.41) is 2.72. The Morgan fingerprint density at radius 2 is 1.75 bits per heavy atom. The molecule has 0 spiro atoms. The van der Waals surface area contributed by atoms with Gasteiger partial charge in [-0.2, -0.15) is 13.2 Å². The number of carbonyl (C=O) groups is 1. The van der Waals surface area contributed by atoms with Gasteiger partial charge in [-0.15, -0.1) is 0 Å². The molecule has 0 saturated carbocycles. The highest BCUT2D eigenvalue weighted by Gasteiger charge is 2.31. The van der Waals surface area contributed by atoms with Crippen LogP contribution in [0.2, 0.25) is 0 Å². The zero-order chi connectivity index (χ0) is 22.6. The summed E-state index contributed by atoms with van der Waals surface area (Å²) in [6, 6.07) is 19.3. The lowest BCUT2D eigenvalue weighted by molar-refractivity contribution is -0.137. The summed E-state index contributed by atoms with van der Waals surface area (Å²) in [6.45, 7) is 0.917. The first-order valence-electron chi connectivity index (χ1n) is 9.94. The minimum atomic E-state index is -4.53. The van der Waals surface area contributed by atoms with E-state index in [-0.39, 0.29) is 5.56 Å². The van der Waals surface area contributed by atoms with E-state index in [2.05, 4.69) is 10.3 Å². The van der Waals surface area contributed by atoms with Gasteiger partial charge in [0.25, 0.3) is 5.91 Å². The zero-order valence-corrected chi connectivity index (χ0v) is 16.9. The summed E-state index contributed by atoms with van der Waals surface area (Å²) in [6.07, 6.45) is -0.725. The maximum Gasteiger partial charge on any atom is 0.416 e. The average molecular weight is 436 g/mol. The van der Waals surface area contributed by atoms with Gasteiger partial charge in [0.2, 0.25) is 5.90 Å². The highest BCUT2D eigenvalue weighted by molar-refractivity contribution is 6.11. The van der Waals surface area contributed by atoms with Crippen molar-refractivity contribution >= 4 is 29.6 Å². The van der Waals surface area contributed by atoms with Crippen LogP contribution in [0.3, 0.4) is 0 Å². The van der Waals surface area contributed by atoms with Crippen LogP contribution < -0.4 is 5.32 Å². The van der Waals surface area contributed by atoms with E-state index in [0.29, 0.717) is 30.3 Å². The number of halogens is 3. The number of carbonyl (C=O) groups excluding carboxylic acids is 1. The van der Waals surface area contributed by atoms with Crippen LogP contribution in [-0.4, -0.2) is 25.0 Å². The summed E-state index contributed by atoms with van der Waals surface area (Å²) in [7, 11) is 0. The number of ether oxygens (including phenoxy) is 1. The summed E-state index contributed by atoms with van der Waals surface area (Å²) in [5.41, 5.74) is 1.77. The molecule has 0 aliphatic carbocycles. The Morgan fingerprint density at radius 3 is 2.47 bits per heavy atom. The lowest BCUT2D eigenvalue weighted by atomic mass is 10.0. The molecule has 0 aromatic heterocycles. The normalized spacial score (nSPS) is 13.7. The molecule has 1 aliphatic rings.